The van der Waals surface area contributed by atoms with Crippen LogP contribution in [0.3, 0.4) is 0 Å². The number of anilines is 1. The molecule has 8 heteroatoms. The van der Waals surface area contributed by atoms with E-state index in [1.54, 1.807) is 6.20 Å². The minimum atomic E-state index is -3.47. The third-order valence-electron chi connectivity index (χ3n) is 5.26. The van der Waals surface area contributed by atoms with Crippen LogP contribution in [0.5, 0.6) is 0 Å². The number of fused-ring (bicyclic) bond motifs is 1. The Balaban J connectivity index is 1.86. The molecule has 0 bridgehead atoms. The number of rotatable bonds is 2. The van der Waals surface area contributed by atoms with Crippen LogP contribution in [-0.4, -0.2) is 48.7 Å². The lowest BCUT2D eigenvalue weighted by atomic mass is 9.91. The van der Waals surface area contributed by atoms with E-state index in [1.807, 2.05) is 0 Å². The summed E-state index contributed by atoms with van der Waals surface area (Å²) in [5, 5.41) is 2.78. The van der Waals surface area contributed by atoms with E-state index < -0.39 is 15.4 Å². The first-order chi connectivity index (χ1) is 10.9. The maximum atomic E-state index is 12.6. The van der Waals surface area contributed by atoms with Crippen molar-refractivity contribution in [3.8, 4) is 0 Å². The smallest absolute Gasteiger partial charge is 0.248 e. The number of nitrogens with one attached hydrogen (secondary N) is 1. The third kappa shape index (κ3) is 2.14. The Kier molecular flexibility index (Phi) is 3.16. The second kappa shape index (κ2) is 4.90. The quantitative estimate of drug-likeness (QED) is 0.788. The topological polar surface area (TPSA) is 92.3 Å². The molecule has 1 aromatic rings. The van der Waals surface area contributed by atoms with Gasteiger partial charge in [0.05, 0.1) is 0 Å². The summed E-state index contributed by atoms with van der Waals surface area (Å²) in [4.78, 5) is 23.1. The maximum Gasteiger partial charge on any atom is 0.248 e. The van der Waals surface area contributed by atoms with Gasteiger partial charge in [-0.15, -0.1) is 0 Å². The van der Waals surface area contributed by atoms with E-state index in [4.69, 9.17) is 0 Å². The first-order valence-corrected chi connectivity index (χ1v) is 9.95. The Hall–Kier alpha value is -1.70. The Morgan fingerprint density at radius 2 is 2.09 bits per heavy atom. The van der Waals surface area contributed by atoms with Gasteiger partial charge >= 0.3 is 0 Å². The molecule has 7 nitrogen and oxygen atoms in total. The molecule has 124 valence electrons. The van der Waals surface area contributed by atoms with Crippen LogP contribution >= 0.6 is 0 Å². The number of aromatic nitrogens is 2. The highest BCUT2D eigenvalue weighted by atomic mass is 32.2. The van der Waals surface area contributed by atoms with Crippen LogP contribution in [0.1, 0.15) is 37.7 Å². The van der Waals surface area contributed by atoms with E-state index in [0.29, 0.717) is 18.8 Å². The molecule has 0 radical (unpaired) electrons. The van der Waals surface area contributed by atoms with Gasteiger partial charge in [-0.2, -0.15) is 0 Å². The minimum Gasteiger partial charge on any atom is -0.354 e. The fraction of sp³-hybridized carbons (Fsp3) is 0.667. The largest absolute Gasteiger partial charge is 0.354 e. The fourth-order valence-corrected chi connectivity index (χ4v) is 4.74. The van der Waals surface area contributed by atoms with Crippen molar-refractivity contribution in [2.45, 2.75) is 55.3 Å². The highest BCUT2D eigenvalue weighted by molar-refractivity contribution is 7.90. The first kappa shape index (κ1) is 14.9. The molecule has 3 heterocycles. The van der Waals surface area contributed by atoms with Crippen molar-refractivity contribution in [1.82, 2.24) is 15.3 Å². The number of hydrogen-bond acceptors (Lipinski definition) is 6. The molecule has 1 amide bonds. The fourth-order valence-electron chi connectivity index (χ4n) is 4.24. The molecule has 23 heavy (non-hydrogen) atoms. The summed E-state index contributed by atoms with van der Waals surface area (Å²) in [6.45, 7) is 0.655. The number of sulfone groups is 1. The van der Waals surface area contributed by atoms with E-state index >= 15 is 0 Å². The van der Waals surface area contributed by atoms with Crippen molar-refractivity contribution in [2.75, 3.05) is 17.7 Å². The summed E-state index contributed by atoms with van der Waals surface area (Å²) in [6, 6.07) is 0.252. The van der Waals surface area contributed by atoms with Crippen molar-refractivity contribution in [3.63, 3.8) is 0 Å². The van der Waals surface area contributed by atoms with Crippen LogP contribution in [0.2, 0.25) is 0 Å². The zero-order valence-electron chi connectivity index (χ0n) is 13.1. The minimum absolute atomic E-state index is 0.0308. The van der Waals surface area contributed by atoms with Crippen LogP contribution in [0.25, 0.3) is 0 Å². The molecule has 1 spiro atoms. The van der Waals surface area contributed by atoms with Crippen LogP contribution in [-0.2, 0) is 21.1 Å². The SMILES string of the molecule is CS(=O)(=O)c1ncc2c(n1)N(C1CCCC1)C1(CCNC1=O)C2. The maximum absolute atomic E-state index is 12.6. The summed E-state index contributed by atoms with van der Waals surface area (Å²) in [5.74, 6) is 0.674. The van der Waals surface area contributed by atoms with E-state index in [2.05, 4.69) is 20.2 Å². The highest BCUT2D eigenvalue weighted by Crippen LogP contribution is 2.45. The number of amides is 1. The average molecular weight is 336 g/mol. The summed E-state index contributed by atoms with van der Waals surface area (Å²) in [7, 11) is -3.47. The Bertz CT molecular complexity index is 773. The molecular formula is C15H20N4O3S. The van der Waals surface area contributed by atoms with Crippen molar-refractivity contribution in [3.05, 3.63) is 11.8 Å². The van der Waals surface area contributed by atoms with Gasteiger partial charge in [0.1, 0.15) is 11.4 Å². The van der Waals surface area contributed by atoms with Gasteiger partial charge in [-0.05, 0) is 19.3 Å². The Morgan fingerprint density at radius 3 is 2.70 bits per heavy atom. The lowest BCUT2D eigenvalue weighted by Gasteiger charge is -2.38. The standard InChI is InChI=1S/C15H20N4O3S/c1-23(21,22)14-17-9-10-8-15(6-7-16-13(15)20)19(12(10)18-14)11-4-2-3-5-11/h9,11H,2-8H2,1H3,(H,16,20). The van der Waals surface area contributed by atoms with E-state index in [-0.39, 0.29) is 17.1 Å². The van der Waals surface area contributed by atoms with Crippen LogP contribution in [0.4, 0.5) is 5.82 Å². The second-order valence-electron chi connectivity index (χ2n) is 6.80. The molecule has 4 rings (SSSR count). The molecule has 1 unspecified atom stereocenters. The zero-order chi connectivity index (χ0) is 16.2. The van der Waals surface area contributed by atoms with E-state index in [0.717, 1.165) is 43.9 Å². The zero-order valence-corrected chi connectivity index (χ0v) is 13.9. The predicted octanol–water partition coefficient (Wildman–Crippen LogP) is 0.444. The van der Waals surface area contributed by atoms with Crippen molar-refractivity contribution in [1.29, 1.82) is 0 Å². The van der Waals surface area contributed by atoms with Crippen LogP contribution < -0.4 is 10.2 Å². The molecule has 2 fully saturated rings. The lowest BCUT2D eigenvalue weighted by Crippen LogP contribution is -2.56. The van der Waals surface area contributed by atoms with Crippen molar-refractivity contribution < 1.29 is 13.2 Å². The number of carbonyl (C=O) groups excluding carboxylic acids is 1. The van der Waals surface area contributed by atoms with E-state index in [9.17, 15) is 13.2 Å². The monoisotopic (exact) mass is 336 g/mol. The number of carbonyl (C=O) groups is 1. The molecule has 1 aromatic heterocycles. The van der Waals surface area contributed by atoms with Gasteiger partial charge in [0.2, 0.25) is 20.9 Å². The molecule has 3 aliphatic rings. The Labute approximate surface area is 135 Å². The Morgan fingerprint density at radius 1 is 1.35 bits per heavy atom. The molecule has 1 N–H and O–H groups in total. The van der Waals surface area contributed by atoms with Crippen molar-refractivity contribution in [2.24, 2.45) is 0 Å². The van der Waals surface area contributed by atoms with Crippen LogP contribution in [0.15, 0.2) is 11.4 Å². The van der Waals surface area contributed by atoms with Gasteiger partial charge in [-0.25, -0.2) is 18.4 Å². The summed E-state index contributed by atoms with van der Waals surface area (Å²) < 4.78 is 23.6. The van der Waals surface area contributed by atoms with E-state index in [1.165, 1.54) is 0 Å². The molecule has 1 aliphatic carbocycles. The normalized spacial score (nSPS) is 27.7. The first-order valence-electron chi connectivity index (χ1n) is 8.05. The molecule has 1 saturated heterocycles. The summed E-state index contributed by atoms with van der Waals surface area (Å²) >= 11 is 0. The predicted molar refractivity (Wildman–Crippen MR) is 83.9 cm³/mol. The lowest BCUT2D eigenvalue weighted by molar-refractivity contribution is -0.123. The molecular weight excluding hydrogens is 316 g/mol. The van der Waals surface area contributed by atoms with Gasteiger partial charge in [0.15, 0.2) is 0 Å². The molecule has 1 saturated carbocycles. The molecule has 1 atom stereocenters. The summed E-state index contributed by atoms with van der Waals surface area (Å²) in [6.07, 6.45) is 8.31. The highest BCUT2D eigenvalue weighted by Gasteiger charge is 2.55. The van der Waals surface area contributed by atoms with Crippen LogP contribution in [0, 0.1) is 0 Å². The molecule has 0 aromatic carbocycles. The van der Waals surface area contributed by atoms with Gasteiger partial charge in [0.25, 0.3) is 0 Å². The summed E-state index contributed by atoms with van der Waals surface area (Å²) in [5.41, 5.74) is 0.267. The third-order valence-corrected chi connectivity index (χ3v) is 6.12. The second-order valence-corrected chi connectivity index (χ2v) is 8.71. The van der Waals surface area contributed by atoms with Gasteiger partial charge in [0, 0.05) is 37.0 Å². The number of nitrogens with zero attached hydrogens (tertiary/aromatic N) is 3. The van der Waals surface area contributed by atoms with Gasteiger partial charge in [-0.3, -0.25) is 4.79 Å². The van der Waals surface area contributed by atoms with Crippen molar-refractivity contribution >= 4 is 21.6 Å². The van der Waals surface area contributed by atoms with Gasteiger partial charge in [-0.1, -0.05) is 12.8 Å². The average Bonchev–Trinajstić information content (AvgIpc) is 3.18. The number of hydrogen-bond donors (Lipinski definition) is 1. The van der Waals surface area contributed by atoms with Gasteiger partial charge < -0.3 is 10.2 Å². The molecule has 2 aliphatic heterocycles.